The summed E-state index contributed by atoms with van der Waals surface area (Å²) in [5, 5.41) is 2.93. The number of amides is 1. The van der Waals surface area contributed by atoms with Crippen LogP contribution < -0.4 is 10.1 Å². The van der Waals surface area contributed by atoms with Crippen LogP contribution in [0.25, 0.3) is 0 Å². The van der Waals surface area contributed by atoms with E-state index in [1.54, 1.807) is 11.8 Å². The molecule has 3 nitrogen and oxygen atoms in total. The molecule has 0 bridgehead atoms. The highest BCUT2D eigenvalue weighted by Crippen LogP contribution is 2.18. The molecule has 2 aromatic rings. The third-order valence-corrected chi connectivity index (χ3v) is 4.90. The lowest BCUT2D eigenvalue weighted by atomic mass is 10.2. The summed E-state index contributed by atoms with van der Waals surface area (Å²) >= 11 is 1.64. The number of hydrogen-bond donors (Lipinski definition) is 1. The summed E-state index contributed by atoms with van der Waals surface area (Å²) in [6, 6.07) is 18.1. The predicted octanol–water partition coefficient (Wildman–Crippen LogP) is 4.20. The summed E-state index contributed by atoms with van der Waals surface area (Å²) in [5.74, 6) is 1.76. The van der Waals surface area contributed by atoms with Gasteiger partial charge in [0.2, 0.25) is 5.91 Å². The lowest BCUT2D eigenvalue weighted by molar-refractivity contribution is -0.121. The Morgan fingerprint density at radius 2 is 1.75 bits per heavy atom. The number of carbonyl (C=O) groups excluding carboxylic acids is 1. The second kappa shape index (κ2) is 9.38. The van der Waals surface area contributed by atoms with Crippen molar-refractivity contribution in [3.8, 4) is 5.75 Å². The summed E-state index contributed by atoms with van der Waals surface area (Å²) in [4.78, 5) is 12.3. The van der Waals surface area contributed by atoms with Gasteiger partial charge in [-0.05, 0) is 38.0 Å². The third kappa shape index (κ3) is 5.93. The number of carbonyl (C=O) groups is 1. The molecule has 24 heavy (non-hydrogen) atoms. The molecule has 0 fully saturated rings. The second-order valence-corrected chi connectivity index (χ2v) is 7.25. The van der Waals surface area contributed by atoms with Crippen LogP contribution in [0.15, 0.2) is 54.6 Å². The number of nitrogens with one attached hydrogen (secondary N) is 1. The Labute approximate surface area is 148 Å². The van der Waals surface area contributed by atoms with Gasteiger partial charge < -0.3 is 10.1 Å². The average Bonchev–Trinajstić information content (AvgIpc) is 2.59. The zero-order valence-corrected chi connectivity index (χ0v) is 15.3. The van der Waals surface area contributed by atoms with E-state index in [-0.39, 0.29) is 17.2 Å². The first-order valence-electron chi connectivity index (χ1n) is 8.20. The number of ether oxygens (including phenoxy) is 1. The fourth-order valence-electron chi connectivity index (χ4n) is 2.21. The maximum Gasteiger partial charge on any atom is 0.233 e. The normalized spacial score (nSPS) is 13.1. The second-order valence-electron chi connectivity index (χ2n) is 5.92. The molecule has 0 unspecified atom stereocenters. The van der Waals surface area contributed by atoms with E-state index in [0.29, 0.717) is 6.61 Å². The minimum atomic E-state index is -0.0916. The highest BCUT2D eigenvalue weighted by Gasteiger charge is 2.16. The Bertz CT molecular complexity index is 645. The van der Waals surface area contributed by atoms with Gasteiger partial charge in [0.1, 0.15) is 12.4 Å². The van der Waals surface area contributed by atoms with E-state index >= 15 is 0 Å². The molecule has 0 aliphatic rings. The number of aryl methyl sites for hydroxylation is 1. The Morgan fingerprint density at radius 3 is 2.46 bits per heavy atom. The van der Waals surface area contributed by atoms with Crippen molar-refractivity contribution in [2.75, 3.05) is 6.61 Å². The highest BCUT2D eigenvalue weighted by atomic mass is 32.2. The van der Waals surface area contributed by atoms with Crippen molar-refractivity contribution in [1.29, 1.82) is 0 Å². The van der Waals surface area contributed by atoms with Gasteiger partial charge in [0.05, 0.1) is 11.3 Å². The van der Waals surface area contributed by atoms with Crippen molar-refractivity contribution in [2.24, 2.45) is 0 Å². The van der Waals surface area contributed by atoms with E-state index in [2.05, 4.69) is 17.4 Å². The van der Waals surface area contributed by atoms with Crippen molar-refractivity contribution in [2.45, 2.75) is 37.8 Å². The number of para-hydroxylation sites is 1. The number of benzene rings is 2. The predicted molar refractivity (Wildman–Crippen MR) is 101 cm³/mol. The molecule has 1 N–H and O–H groups in total. The zero-order chi connectivity index (χ0) is 17.4. The molecule has 2 rings (SSSR count). The molecule has 128 valence electrons. The lowest BCUT2D eigenvalue weighted by Gasteiger charge is -2.18. The fraction of sp³-hybridized carbons (Fsp3) is 0.350. The van der Waals surface area contributed by atoms with Crippen LogP contribution in [0.4, 0.5) is 0 Å². The van der Waals surface area contributed by atoms with E-state index in [1.165, 1.54) is 5.56 Å². The number of rotatable bonds is 8. The highest BCUT2D eigenvalue weighted by molar-refractivity contribution is 7.99. The maximum absolute atomic E-state index is 12.3. The first-order valence-corrected chi connectivity index (χ1v) is 9.25. The molecule has 2 aromatic carbocycles. The summed E-state index contributed by atoms with van der Waals surface area (Å²) in [6.07, 6.45) is 0. The molecule has 0 aliphatic carbocycles. The molecular formula is C20H25NO2S. The molecular weight excluding hydrogens is 318 g/mol. The van der Waals surface area contributed by atoms with Gasteiger partial charge in [-0.15, -0.1) is 11.8 Å². The van der Waals surface area contributed by atoms with Gasteiger partial charge >= 0.3 is 0 Å². The van der Waals surface area contributed by atoms with Crippen LogP contribution in [0.2, 0.25) is 0 Å². The Kier molecular flexibility index (Phi) is 7.19. The van der Waals surface area contributed by atoms with Gasteiger partial charge in [-0.2, -0.15) is 0 Å². The van der Waals surface area contributed by atoms with Crippen molar-refractivity contribution in [1.82, 2.24) is 5.32 Å². The molecule has 0 heterocycles. The summed E-state index contributed by atoms with van der Waals surface area (Å²) in [6.45, 7) is 6.39. The van der Waals surface area contributed by atoms with Crippen molar-refractivity contribution < 1.29 is 9.53 Å². The quantitative estimate of drug-likeness (QED) is 0.781. The third-order valence-electron chi connectivity index (χ3n) is 3.68. The van der Waals surface area contributed by atoms with Crippen LogP contribution in [0.1, 0.15) is 25.0 Å². The van der Waals surface area contributed by atoms with Crippen LogP contribution in [-0.2, 0) is 10.5 Å². The van der Waals surface area contributed by atoms with Crippen molar-refractivity contribution in [3.63, 3.8) is 0 Å². The van der Waals surface area contributed by atoms with Gasteiger partial charge in [-0.3, -0.25) is 4.79 Å². The molecule has 0 radical (unpaired) electrons. The number of thioether (sulfide) groups is 1. The van der Waals surface area contributed by atoms with Crippen molar-refractivity contribution >= 4 is 17.7 Å². The van der Waals surface area contributed by atoms with Crippen LogP contribution in [0.5, 0.6) is 5.75 Å². The molecule has 0 aliphatic heterocycles. The maximum atomic E-state index is 12.3. The lowest BCUT2D eigenvalue weighted by Crippen LogP contribution is -2.40. The van der Waals surface area contributed by atoms with Gasteiger partial charge in [-0.25, -0.2) is 0 Å². The smallest absolute Gasteiger partial charge is 0.233 e. The van der Waals surface area contributed by atoms with E-state index < -0.39 is 0 Å². The van der Waals surface area contributed by atoms with Crippen LogP contribution in [0, 0.1) is 6.92 Å². The van der Waals surface area contributed by atoms with Crippen LogP contribution in [0.3, 0.4) is 0 Å². The fourth-order valence-corrected chi connectivity index (χ4v) is 3.06. The molecule has 0 saturated heterocycles. The topological polar surface area (TPSA) is 38.3 Å². The molecule has 0 spiro atoms. The summed E-state index contributed by atoms with van der Waals surface area (Å²) in [7, 11) is 0. The largest absolute Gasteiger partial charge is 0.491 e. The summed E-state index contributed by atoms with van der Waals surface area (Å²) in [5.41, 5.74) is 2.33. The molecule has 1 amide bonds. The van der Waals surface area contributed by atoms with Gasteiger partial charge in [-0.1, -0.05) is 48.5 Å². The molecule has 0 aromatic heterocycles. The van der Waals surface area contributed by atoms with Gasteiger partial charge in [0.25, 0.3) is 0 Å². The minimum Gasteiger partial charge on any atom is -0.491 e. The first-order chi connectivity index (χ1) is 11.6. The van der Waals surface area contributed by atoms with Gasteiger partial charge in [0, 0.05) is 5.75 Å². The van der Waals surface area contributed by atoms with Gasteiger partial charge in [0.15, 0.2) is 0 Å². The standard InChI is InChI=1S/C20H25NO2S/c1-15-9-7-8-12-19(15)23-13-16(2)21-20(22)17(3)24-14-18-10-5-4-6-11-18/h4-12,16-17H,13-14H2,1-3H3,(H,21,22)/t16-,17-/m1/s1. The van der Waals surface area contributed by atoms with E-state index in [1.807, 2.05) is 63.2 Å². The Morgan fingerprint density at radius 1 is 1.08 bits per heavy atom. The Balaban J connectivity index is 1.73. The SMILES string of the molecule is Cc1ccccc1OC[C@@H](C)NC(=O)[C@@H](C)SCc1ccccc1. The summed E-state index contributed by atoms with van der Waals surface area (Å²) < 4.78 is 5.79. The van der Waals surface area contributed by atoms with E-state index in [0.717, 1.165) is 17.1 Å². The molecule has 4 heteroatoms. The molecule has 2 atom stereocenters. The minimum absolute atomic E-state index is 0.0307. The zero-order valence-electron chi connectivity index (χ0n) is 14.5. The first kappa shape index (κ1) is 18.4. The monoisotopic (exact) mass is 343 g/mol. The Hall–Kier alpha value is -1.94. The number of hydrogen-bond acceptors (Lipinski definition) is 3. The average molecular weight is 343 g/mol. The molecule has 0 saturated carbocycles. The van der Waals surface area contributed by atoms with E-state index in [4.69, 9.17) is 4.74 Å². The van der Waals surface area contributed by atoms with Crippen LogP contribution in [-0.4, -0.2) is 23.8 Å². The van der Waals surface area contributed by atoms with E-state index in [9.17, 15) is 4.79 Å². The van der Waals surface area contributed by atoms with Crippen molar-refractivity contribution in [3.05, 3.63) is 65.7 Å². The van der Waals surface area contributed by atoms with Crippen LogP contribution >= 0.6 is 11.8 Å².